The molecule has 0 spiro atoms. The van der Waals surface area contributed by atoms with Gasteiger partial charge in [-0.05, 0) is 27.7 Å². The van der Waals surface area contributed by atoms with E-state index in [2.05, 4.69) is 40.2 Å². The quantitative estimate of drug-likeness (QED) is 0.724. The van der Waals surface area contributed by atoms with Crippen LogP contribution in [-0.4, -0.2) is 38.6 Å². The van der Waals surface area contributed by atoms with Gasteiger partial charge in [0.2, 0.25) is 0 Å². The molecule has 1 aromatic carbocycles. The third-order valence-corrected chi connectivity index (χ3v) is 7.73. The molecule has 1 aliphatic heterocycles. The zero-order chi connectivity index (χ0) is 13.8. The van der Waals surface area contributed by atoms with Crippen molar-refractivity contribution in [1.29, 1.82) is 0 Å². The molecule has 2 radical (unpaired) electrons. The van der Waals surface area contributed by atoms with Gasteiger partial charge in [-0.15, -0.1) is 0 Å². The topological polar surface area (TPSA) is 18.5 Å². The molecule has 1 heterocycles. The van der Waals surface area contributed by atoms with E-state index in [0.29, 0.717) is 0 Å². The van der Waals surface area contributed by atoms with Crippen LogP contribution in [0.2, 0.25) is 9.88 Å². The summed E-state index contributed by atoms with van der Waals surface area (Å²) in [5.74, 6) is 0. The molecular formula is C14H23BO2Sn. The van der Waals surface area contributed by atoms with Crippen LogP contribution >= 0.6 is 0 Å². The molecule has 0 bridgehead atoms. The molecule has 1 fully saturated rings. The average Bonchev–Trinajstić information content (AvgIpc) is 2.53. The fraction of sp³-hybridized carbons (Fsp3) is 0.571. The molecule has 1 saturated heterocycles. The second kappa shape index (κ2) is 6.44. The molecule has 2 rings (SSSR count). The second-order valence-electron chi connectivity index (χ2n) is 5.72. The first kappa shape index (κ1) is 16.1. The zero-order valence-electron chi connectivity index (χ0n) is 12.3. The summed E-state index contributed by atoms with van der Waals surface area (Å²) in [6, 6.07) is 10.8. The van der Waals surface area contributed by atoms with E-state index in [0.717, 1.165) is 0 Å². The van der Waals surface area contributed by atoms with Crippen LogP contribution in [0.4, 0.5) is 0 Å². The van der Waals surface area contributed by atoms with Crippen molar-refractivity contribution >= 4 is 31.0 Å². The van der Waals surface area contributed by atoms with Crippen molar-refractivity contribution in [3.8, 4) is 0 Å². The Hall–Kier alpha value is 0.00364. The van der Waals surface area contributed by atoms with Crippen LogP contribution in [0.3, 0.4) is 0 Å². The van der Waals surface area contributed by atoms with E-state index in [-0.39, 0.29) is 11.2 Å². The van der Waals surface area contributed by atoms with Gasteiger partial charge in [-0.3, -0.25) is 0 Å². The van der Waals surface area contributed by atoms with Gasteiger partial charge < -0.3 is 9.31 Å². The Kier molecular flexibility index (Phi) is 5.75. The molecule has 1 aromatic rings. The molecule has 0 saturated carbocycles. The first-order valence-corrected chi connectivity index (χ1v) is 13.4. The van der Waals surface area contributed by atoms with Crippen molar-refractivity contribution in [3.63, 3.8) is 0 Å². The van der Waals surface area contributed by atoms with Gasteiger partial charge in [-0.1, -0.05) is 0 Å². The van der Waals surface area contributed by atoms with Gasteiger partial charge in [0, 0.05) is 0 Å². The average molecular weight is 353 g/mol. The molecule has 0 N–H and O–H groups in total. The minimum atomic E-state index is -1.02. The summed E-state index contributed by atoms with van der Waals surface area (Å²) in [5, 5.41) is 0. The van der Waals surface area contributed by atoms with Gasteiger partial charge in [-0.2, -0.15) is 0 Å². The summed E-state index contributed by atoms with van der Waals surface area (Å²) in [5.41, 5.74) is -0.375. The van der Waals surface area contributed by atoms with Crippen LogP contribution in [0, 0.1) is 0 Å². The molecule has 18 heavy (non-hydrogen) atoms. The SMILES string of the molecule is CC1(C)O[B]OC1(C)C.[CH3][Sn]([CH3])[c]1ccccc1. The number of rotatable bonds is 1. The Morgan fingerprint density at radius 1 is 0.889 bits per heavy atom. The molecule has 2 nitrogen and oxygen atoms in total. The third kappa shape index (κ3) is 4.28. The van der Waals surface area contributed by atoms with Crippen molar-refractivity contribution in [2.24, 2.45) is 0 Å². The molecule has 0 atom stereocenters. The number of hydrogen-bond donors (Lipinski definition) is 0. The zero-order valence-corrected chi connectivity index (χ0v) is 15.1. The van der Waals surface area contributed by atoms with Crippen LogP contribution in [-0.2, 0) is 9.31 Å². The summed E-state index contributed by atoms with van der Waals surface area (Å²) in [6.07, 6.45) is 0. The monoisotopic (exact) mass is 354 g/mol. The van der Waals surface area contributed by atoms with Crippen molar-refractivity contribution in [2.45, 2.75) is 48.8 Å². The summed E-state index contributed by atoms with van der Waals surface area (Å²) in [6.45, 7) is 8.04. The Morgan fingerprint density at radius 3 is 1.56 bits per heavy atom. The van der Waals surface area contributed by atoms with Crippen LogP contribution in [0.1, 0.15) is 27.7 Å². The molecule has 4 heteroatoms. The third-order valence-electron chi connectivity index (χ3n) is 3.49. The predicted molar refractivity (Wildman–Crippen MR) is 79.6 cm³/mol. The van der Waals surface area contributed by atoms with Crippen molar-refractivity contribution in [3.05, 3.63) is 30.3 Å². The summed E-state index contributed by atoms with van der Waals surface area (Å²) >= 11 is -1.02. The van der Waals surface area contributed by atoms with Crippen LogP contribution in [0.25, 0.3) is 0 Å². The molecule has 0 aromatic heterocycles. The van der Waals surface area contributed by atoms with E-state index in [9.17, 15) is 0 Å². The Labute approximate surface area is 119 Å². The van der Waals surface area contributed by atoms with E-state index in [1.807, 2.05) is 27.7 Å². The minimum absolute atomic E-state index is 0.187. The van der Waals surface area contributed by atoms with Gasteiger partial charge in [-0.25, -0.2) is 0 Å². The number of benzene rings is 1. The van der Waals surface area contributed by atoms with E-state index in [1.165, 1.54) is 7.69 Å². The van der Waals surface area contributed by atoms with Gasteiger partial charge >= 0.3 is 71.2 Å². The fourth-order valence-electron chi connectivity index (χ4n) is 1.32. The number of hydrogen-bond acceptors (Lipinski definition) is 2. The second-order valence-corrected chi connectivity index (χ2v) is 13.1. The molecule has 0 unspecified atom stereocenters. The standard InChI is InChI=1S/C6H12BO2.C6H5.2CH3.Sn/c1-5(2)6(3,4)9-7-8-5;1-2-4-6-5-3-1;;;/h1-4H3;1-5H;2*1H3;. The summed E-state index contributed by atoms with van der Waals surface area (Å²) in [7, 11) is 1.42. The van der Waals surface area contributed by atoms with Crippen molar-refractivity contribution < 1.29 is 9.31 Å². The molecular weight excluding hydrogens is 330 g/mol. The molecule has 98 valence electrons. The van der Waals surface area contributed by atoms with E-state index in [1.54, 1.807) is 3.58 Å². The van der Waals surface area contributed by atoms with E-state index >= 15 is 0 Å². The maximum atomic E-state index is 5.21. The summed E-state index contributed by atoms with van der Waals surface area (Å²) < 4.78 is 12.0. The van der Waals surface area contributed by atoms with Crippen molar-refractivity contribution in [1.82, 2.24) is 0 Å². The Balaban J connectivity index is 0.000000180. The van der Waals surface area contributed by atoms with E-state index < -0.39 is 19.8 Å². The van der Waals surface area contributed by atoms with Gasteiger partial charge in [0.25, 0.3) is 0 Å². The van der Waals surface area contributed by atoms with Gasteiger partial charge in [0.05, 0.1) is 11.2 Å². The molecule has 0 amide bonds. The fourth-order valence-corrected chi connectivity index (χ4v) is 3.77. The van der Waals surface area contributed by atoms with Crippen molar-refractivity contribution in [2.75, 3.05) is 0 Å². The van der Waals surface area contributed by atoms with Crippen LogP contribution < -0.4 is 3.58 Å². The van der Waals surface area contributed by atoms with Crippen LogP contribution in [0.5, 0.6) is 0 Å². The first-order chi connectivity index (χ1) is 8.26. The molecule has 0 aliphatic carbocycles. The van der Waals surface area contributed by atoms with Gasteiger partial charge in [0.15, 0.2) is 0 Å². The van der Waals surface area contributed by atoms with Crippen LogP contribution in [0.15, 0.2) is 30.3 Å². The first-order valence-electron chi connectivity index (χ1n) is 6.29. The van der Waals surface area contributed by atoms with E-state index in [4.69, 9.17) is 9.31 Å². The predicted octanol–water partition coefficient (Wildman–Crippen LogP) is 2.77. The Bertz CT molecular complexity index is 349. The normalized spacial score (nSPS) is 19.9. The molecule has 1 aliphatic rings. The van der Waals surface area contributed by atoms with Gasteiger partial charge in [0.1, 0.15) is 0 Å². The maximum absolute atomic E-state index is 5.21. The summed E-state index contributed by atoms with van der Waals surface area (Å²) in [4.78, 5) is 4.80. The Morgan fingerprint density at radius 2 is 1.33 bits per heavy atom.